The summed E-state index contributed by atoms with van der Waals surface area (Å²) in [7, 11) is 0. The van der Waals surface area contributed by atoms with E-state index in [0.717, 1.165) is 22.7 Å². The highest BCUT2D eigenvalue weighted by Gasteiger charge is 2.09. The summed E-state index contributed by atoms with van der Waals surface area (Å²) in [6.45, 7) is 0. The molecule has 0 aliphatic rings. The maximum atomic E-state index is 4.52. The average molecular weight is 287 g/mol. The highest BCUT2D eigenvalue weighted by molar-refractivity contribution is 5.61. The molecule has 2 heterocycles. The van der Waals surface area contributed by atoms with Crippen LogP contribution in [0.4, 0.5) is 11.6 Å². The van der Waals surface area contributed by atoms with Crippen LogP contribution < -0.4 is 5.32 Å². The van der Waals surface area contributed by atoms with Crippen molar-refractivity contribution in [3.05, 3.63) is 72.9 Å². The summed E-state index contributed by atoms with van der Waals surface area (Å²) >= 11 is 0. The number of hydrogen-bond acceptors (Lipinski definition) is 4. The van der Waals surface area contributed by atoms with E-state index in [4.69, 9.17) is 0 Å². The van der Waals surface area contributed by atoms with E-state index < -0.39 is 0 Å². The van der Waals surface area contributed by atoms with Gasteiger partial charge in [-0.25, -0.2) is 4.98 Å². The van der Waals surface area contributed by atoms with Crippen LogP contribution in [0, 0.1) is 0 Å². The fraction of sp³-hybridized carbons (Fsp3) is 0. The molecule has 0 fully saturated rings. The lowest BCUT2D eigenvalue weighted by molar-refractivity contribution is 0.937. The number of nitrogens with one attached hydrogen (secondary N) is 1. The lowest BCUT2D eigenvalue weighted by Gasteiger charge is -2.02. The van der Waals surface area contributed by atoms with Gasteiger partial charge in [-0.3, -0.25) is 0 Å². The first-order chi connectivity index (χ1) is 10.9. The number of aromatic nitrogens is 4. The van der Waals surface area contributed by atoms with Crippen molar-refractivity contribution in [3.8, 4) is 11.4 Å². The summed E-state index contributed by atoms with van der Waals surface area (Å²) in [5, 5.41) is 7.72. The highest BCUT2D eigenvalue weighted by atomic mass is 15.4. The molecule has 0 saturated carbocycles. The molecule has 0 saturated heterocycles. The van der Waals surface area contributed by atoms with Gasteiger partial charge in [-0.15, -0.1) is 5.10 Å². The lowest BCUT2D eigenvalue weighted by Crippen LogP contribution is -1.97. The van der Waals surface area contributed by atoms with Gasteiger partial charge < -0.3 is 5.32 Å². The Bertz CT molecular complexity index is 900. The summed E-state index contributed by atoms with van der Waals surface area (Å²) in [6, 6.07) is 21.7. The first-order valence-corrected chi connectivity index (χ1v) is 6.99. The van der Waals surface area contributed by atoms with Gasteiger partial charge in [0, 0.05) is 23.5 Å². The topological polar surface area (TPSA) is 55.1 Å². The maximum absolute atomic E-state index is 4.52. The predicted octanol–water partition coefficient (Wildman–Crippen LogP) is 3.53. The molecule has 0 radical (unpaired) electrons. The second-order valence-corrected chi connectivity index (χ2v) is 4.83. The van der Waals surface area contributed by atoms with E-state index in [0.29, 0.717) is 5.95 Å². The minimum atomic E-state index is 0.552. The van der Waals surface area contributed by atoms with E-state index in [-0.39, 0.29) is 0 Å². The Hall–Kier alpha value is -3.21. The molecule has 0 aliphatic carbocycles. The van der Waals surface area contributed by atoms with Crippen molar-refractivity contribution in [3.63, 3.8) is 0 Å². The Kier molecular flexibility index (Phi) is 3.01. The average Bonchev–Trinajstić information content (AvgIpc) is 2.99. The molecule has 5 nitrogen and oxygen atoms in total. The molecule has 4 aromatic rings. The van der Waals surface area contributed by atoms with E-state index in [2.05, 4.69) is 20.4 Å². The zero-order chi connectivity index (χ0) is 14.8. The van der Waals surface area contributed by atoms with E-state index in [1.54, 1.807) is 10.7 Å². The number of para-hydroxylation sites is 1. The predicted molar refractivity (Wildman–Crippen MR) is 85.9 cm³/mol. The lowest BCUT2D eigenvalue weighted by atomic mass is 10.2. The molecule has 0 amide bonds. The third-order valence-corrected chi connectivity index (χ3v) is 3.32. The van der Waals surface area contributed by atoms with Gasteiger partial charge in [-0.05, 0) is 12.1 Å². The van der Waals surface area contributed by atoms with E-state index in [1.807, 2.05) is 66.7 Å². The van der Waals surface area contributed by atoms with Crippen molar-refractivity contribution in [2.75, 3.05) is 5.32 Å². The summed E-state index contributed by atoms with van der Waals surface area (Å²) < 4.78 is 1.75. The molecule has 4 rings (SSSR count). The largest absolute Gasteiger partial charge is 0.323 e. The van der Waals surface area contributed by atoms with Gasteiger partial charge in [0.15, 0.2) is 11.5 Å². The molecule has 0 spiro atoms. The number of rotatable bonds is 3. The first kappa shape index (κ1) is 12.5. The molecular formula is C17H13N5. The first-order valence-electron chi connectivity index (χ1n) is 6.99. The van der Waals surface area contributed by atoms with Gasteiger partial charge in [0.2, 0.25) is 5.95 Å². The molecule has 0 bridgehead atoms. The fourth-order valence-electron chi connectivity index (χ4n) is 2.30. The number of anilines is 2. The Labute approximate surface area is 127 Å². The number of benzene rings is 2. The molecule has 22 heavy (non-hydrogen) atoms. The third-order valence-electron chi connectivity index (χ3n) is 3.32. The van der Waals surface area contributed by atoms with Gasteiger partial charge >= 0.3 is 0 Å². The van der Waals surface area contributed by atoms with Gasteiger partial charge in [0.25, 0.3) is 0 Å². The Morgan fingerprint density at radius 2 is 1.55 bits per heavy atom. The SMILES string of the molecule is c1ccc(Nc2nc3ccnc(-c4ccccc4)n3n2)cc1. The second kappa shape index (κ2) is 5.29. The third kappa shape index (κ3) is 2.29. The molecule has 2 aromatic heterocycles. The Balaban J connectivity index is 1.78. The normalized spacial score (nSPS) is 10.7. The van der Waals surface area contributed by atoms with Gasteiger partial charge in [-0.1, -0.05) is 48.5 Å². The van der Waals surface area contributed by atoms with Crippen molar-refractivity contribution in [1.82, 2.24) is 19.6 Å². The maximum Gasteiger partial charge on any atom is 0.247 e. The van der Waals surface area contributed by atoms with Crippen LogP contribution >= 0.6 is 0 Å². The van der Waals surface area contributed by atoms with Crippen molar-refractivity contribution in [2.24, 2.45) is 0 Å². The molecule has 2 aromatic carbocycles. The van der Waals surface area contributed by atoms with E-state index >= 15 is 0 Å². The highest BCUT2D eigenvalue weighted by Crippen LogP contribution is 2.19. The molecule has 5 heteroatoms. The van der Waals surface area contributed by atoms with Crippen LogP contribution in [0.15, 0.2) is 72.9 Å². The monoisotopic (exact) mass is 287 g/mol. The zero-order valence-corrected chi connectivity index (χ0v) is 11.7. The van der Waals surface area contributed by atoms with Crippen molar-refractivity contribution in [2.45, 2.75) is 0 Å². The molecule has 0 unspecified atom stereocenters. The van der Waals surface area contributed by atoms with Gasteiger partial charge in [-0.2, -0.15) is 9.50 Å². The van der Waals surface area contributed by atoms with Crippen LogP contribution in [0.25, 0.3) is 17.0 Å². The minimum Gasteiger partial charge on any atom is -0.323 e. The Morgan fingerprint density at radius 1 is 0.818 bits per heavy atom. The van der Waals surface area contributed by atoms with Crippen molar-refractivity contribution in [1.29, 1.82) is 0 Å². The zero-order valence-electron chi connectivity index (χ0n) is 11.7. The summed E-state index contributed by atoms with van der Waals surface area (Å²) in [5.74, 6) is 1.32. The quantitative estimate of drug-likeness (QED) is 0.626. The van der Waals surface area contributed by atoms with Crippen molar-refractivity contribution >= 4 is 17.3 Å². The summed E-state index contributed by atoms with van der Waals surface area (Å²) in [5.41, 5.74) is 2.71. The van der Waals surface area contributed by atoms with Gasteiger partial charge in [0.1, 0.15) is 0 Å². The van der Waals surface area contributed by atoms with Crippen LogP contribution in [0.1, 0.15) is 0 Å². The number of nitrogens with zero attached hydrogens (tertiary/aromatic N) is 4. The van der Waals surface area contributed by atoms with Crippen LogP contribution in [0.3, 0.4) is 0 Å². The molecule has 0 aliphatic heterocycles. The molecular weight excluding hydrogens is 274 g/mol. The van der Waals surface area contributed by atoms with E-state index in [1.165, 1.54) is 0 Å². The molecule has 1 N–H and O–H groups in total. The second-order valence-electron chi connectivity index (χ2n) is 4.83. The van der Waals surface area contributed by atoms with E-state index in [9.17, 15) is 0 Å². The number of fused-ring (bicyclic) bond motifs is 1. The molecule has 106 valence electrons. The van der Waals surface area contributed by atoms with Crippen LogP contribution in [-0.2, 0) is 0 Å². The summed E-state index contributed by atoms with van der Waals surface area (Å²) in [4.78, 5) is 8.93. The number of hydrogen-bond donors (Lipinski definition) is 1. The van der Waals surface area contributed by atoms with Crippen LogP contribution in [0.5, 0.6) is 0 Å². The van der Waals surface area contributed by atoms with Crippen LogP contribution in [-0.4, -0.2) is 19.6 Å². The minimum absolute atomic E-state index is 0.552. The standard InChI is InChI=1S/C17H13N5/c1-3-7-13(8-4-1)16-18-12-11-15-20-17(21-22(15)16)19-14-9-5-2-6-10-14/h1-12H,(H,19,21). The van der Waals surface area contributed by atoms with Gasteiger partial charge in [0.05, 0.1) is 0 Å². The summed E-state index contributed by atoms with van der Waals surface area (Å²) in [6.07, 6.45) is 1.75. The molecule has 0 atom stereocenters. The smallest absolute Gasteiger partial charge is 0.247 e. The Morgan fingerprint density at radius 3 is 2.32 bits per heavy atom. The van der Waals surface area contributed by atoms with Crippen molar-refractivity contribution < 1.29 is 0 Å². The fourth-order valence-corrected chi connectivity index (χ4v) is 2.30. The van der Waals surface area contributed by atoms with Crippen LogP contribution in [0.2, 0.25) is 0 Å².